The van der Waals surface area contributed by atoms with Crippen LogP contribution < -0.4 is 0 Å². The van der Waals surface area contributed by atoms with Crippen molar-refractivity contribution < 1.29 is 80.2 Å². The zero-order valence-electron chi connectivity index (χ0n) is 67.5. The van der Waals surface area contributed by atoms with Crippen LogP contribution in [-0.2, 0) is 65.4 Å². The molecule has 19 heteroatoms. The minimum Gasteiger partial charge on any atom is -0.462 e. The lowest BCUT2D eigenvalue weighted by Gasteiger charge is -2.21. The molecule has 0 aliphatic rings. The van der Waals surface area contributed by atoms with Crippen LogP contribution in [0.1, 0.15) is 452 Å². The summed E-state index contributed by atoms with van der Waals surface area (Å²) in [6, 6.07) is 0. The number of aliphatic hydroxyl groups is 1. The third-order valence-electron chi connectivity index (χ3n) is 19.8. The fourth-order valence-corrected chi connectivity index (χ4v) is 14.7. The average Bonchev–Trinajstić information content (AvgIpc) is 0.919. The van der Waals surface area contributed by atoms with Crippen LogP contribution >= 0.6 is 15.6 Å². The molecule has 0 saturated carbocycles. The van der Waals surface area contributed by atoms with Crippen molar-refractivity contribution in [2.45, 2.75) is 470 Å². The Morgan fingerprint density at radius 1 is 0.262 bits per heavy atom. The summed E-state index contributed by atoms with van der Waals surface area (Å²) in [6.45, 7) is 7.26. The third-order valence-corrected chi connectivity index (χ3v) is 21.7. The van der Waals surface area contributed by atoms with Crippen LogP contribution in [0, 0.1) is 5.92 Å². The molecule has 0 aliphatic carbocycles. The van der Waals surface area contributed by atoms with E-state index in [0.717, 1.165) is 89.9 Å². The number of esters is 4. The van der Waals surface area contributed by atoms with Crippen molar-refractivity contribution in [1.29, 1.82) is 0 Å². The van der Waals surface area contributed by atoms with Crippen molar-refractivity contribution in [3.05, 3.63) is 0 Å². The smallest absolute Gasteiger partial charge is 0.462 e. The van der Waals surface area contributed by atoms with Crippen molar-refractivity contribution in [2.24, 2.45) is 5.92 Å². The van der Waals surface area contributed by atoms with Gasteiger partial charge in [-0.25, -0.2) is 9.13 Å². The van der Waals surface area contributed by atoms with Gasteiger partial charge in [0.15, 0.2) is 12.2 Å². The number of unbranched alkanes of at least 4 members (excludes halogenated alkanes) is 56. The van der Waals surface area contributed by atoms with Crippen molar-refractivity contribution in [1.82, 2.24) is 0 Å². The Labute approximate surface area is 632 Å². The first kappa shape index (κ1) is 101. The fraction of sp³-hybridized carbons (Fsp3) is 0.952. The summed E-state index contributed by atoms with van der Waals surface area (Å²) in [6.07, 6.45) is 69.8. The van der Waals surface area contributed by atoms with Gasteiger partial charge in [0.25, 0.3) is 0 Å². The van der Waals surface area contributed by atoms with E-state index in [9.17, 15) is 43.2 Å². The Morgan fingerprint density at radius 3 is 0.660 bits per heavy atom. The number of carbonyl (C=O) groups excluding carboxylic acids is 4. The molecule has 0 fully saturated rings. The number of ether oxygens (including phenoxy) is 4. The molecule has 0 aromatic carbocycles. The molecular formula is C84H164O17P2. The van der Waals surface area contributed by atoms with E-state index < -0.39 is 97.5 Å². The molecule has 0 rings (SSSR count). The van der Waals surface area contributed by atoms with Crippen LogP contribution in [0.15, 0.2) is 0 Å². The van der Waals surface area contributed by atoms with E-state index in [-0.39, 0.29) is 25.7 Å². The van der Waals surface area contributed by atoms with Gasteiger partial charge >= 0.3 is 39.5 Å². The van der Waals surface area contributed by atoms with Gasteiger partial charge in [-0.3, -0.25) is 37.3 Å². The summed E-state index contributed by atoms with van der Waals surface area (Å²) in [5.74, 6) is -1.41. The summed E-state index contributed by atoms with van der Waals surface area (Å²) in [4.78, 5) is 73.0. The van der Waals surface area contributed by atoms with E-state index in [0.29, 0.717) is 31.6 Å². The molecule has 0 aromatic rings. The van der Waals surface area contributed by atoms with Crippen LogP contribution in [0.4, 0.5) is 0 Å². The molecule has 0 aliphatic heterocycles. The number of hydrogen-bond donors (Lipinski definition) is 3. The molecule has 0 amide bonds. The molecule has 3 N–H and O–H groups in total. The largest absolute Gasteiger partial charge is 0.472 e. The minimum atomic E-state index is -4.96. The minimum absolute atomic E-state index is 0.104. The lowest BCUT2D eigenvalue weighted by atomic mass is 10.0. The van der Waals surface area contributed by atoms with Crippen LogP contribution in [0.3, 0.4) is 0 Å². The van der Waals surface area contributed by atoms with Gasteiger partial charge in [-0.15, -0.1) is 0 Å². The number of phosphoric ester groups is 2. The molecule has 103 heavy (non-hydrogen) atoms. The zero-order valence-corrected chi connectivity index (χ0v) is 69.3. The van der Waals surface area contributed by atoms with Crippen molar-refractivity contribution in [3.8, 4) is 0 Å². The van der Waals surface area contributed by atoms with E-state index in [1.54, 1.807) is 0 Å². The van der Waals surface area contributed by atoms with Gasteiger partial charge < -0.3 is 33.8 Å². The second-order valence-corrected chi connectivity index (χ2v) is 33.6. The number of hydrogen-bond acceptors (Lipinski definition) is 15. The molecule has 0 heterocycles. The first-order valence-electron chi connectivity index (χ1n) is 43.6. The fourth-order valence-electron chi connectivity index (χ4n) is 13.1. The molecule has 612 valence electrons. The van der Waals surface area contributed by atoms with E-state index in [1.165, 1.54) is 276 Å². The molecular weight excluding hydrogens is 1340 g/mol. The van der Waals surface area contributed by atoms with Gasteiger partial charge in [0, 0.05) is 25.7 Å². The number of aliphatic hydroxyl groups excluding tert-OH is 1. The van der Waals surface area contributed by atoms with E-state index in [1.807, 2.05) is 0 Å². The van der Waals surface area contributed by atoms with Crippen LogP contribution in [0.25, 0.3) is 0 Å². The monoisotopic (exact) mass is 1510 g/mol. The van der Waals surface area contributed by atoms with Gasteiger partial charge in [0.1, 0.15) is 19.3 Å². The Bertz CT molecular complexity index is 1960. The highest BCUT2D eigenvalue weighted by Crippen LogP contribution is 2.45. The molecule has 0 saturated heterocycles. The average molecular weight is 1510 g/mol. The van der Waals surface area contributed by atoms with E-state index >= 15 is 0 Å². The second-order valence-electron chi connectivity index (χ2n) is 30.7. The molecule has 2 unspecified atom stereocenters. The van der Waals surface area contributed by atoms with E-state index in [4.69, 9.17) is 37.0 Å². The molecule has 0 bridgehead atoms. The summed E-state index contributed by atoms with van der Waals surface area (Å²) < 4.78 is 68.7. The Hall–Kier alpha value is -1.94. The lowest BCUT2D eigenvalue weighted by Crippen LogP contribution is -2.30. The highest BCUT2D eigenvalue weighted by molar-refractivity contribution is 7.47. The van der Waals surface area contributed by atoms with Gasteiger partial charge in [0.05, 0.1) is 26.4 Å². The second kappa shape index (κ2) is 76.8. The van der Waals surface area contributed by atoms with Crippen molar-refractivity contribution in [2.75, 3.05) is 39.6 Å². The molecule has 0 spiro atoms. The predicted octanol–water partition coefficient (Wildman–Crippen LogP) is 25.6. The molecule has 0 aromatic heterocycles. The van der Waals surface area contributed by atoms with Gasteiger partial charge in [-0.1, -0.05) is 401 Å². The SMILES string of the molecule is CCCCCCCCCCCCCCCCCCCCCCCCC(=O)O[C@H](COC(=O)CCCCCCCCCCCCCCCCCCCCCCC)COP(=O)(O)OC[C@@H](O)COP(=O)(O)OC[C@@H](COC(=O)CCCCCCCCCCCC)OC(=O)CCCCCCCCCC(C)C. The first-order valence-corrected chi connectivity index (χ1v) is 46.6. The van der Waals surface area contributed by atoms with Crippen LogP contribution in [0.2, 0.25) is 0 Å². The molecule has 0 radical (unpaired) electrons. The maximum atomic E-state index is 13.1. The maximum Gasteiger partial charge on any atom is 0.472 e. The van der Waals surface area contributed by atoms with Crippen molar-refractivity contribution >= 4 is 39.5 Å². The highest BCUT2D eigenvalue weighted by atomic mass is 31.2. The number of rotatable bonds is 84. The maximum absolute atomic E-state index is 13.1. The normalized spacial score (nSPS) is 13.8. The predicted molar refractivity (Wildman–Crippen MR) is 423 cm³/mol. The van der Waals surface area contributed by atoms with Crippen LogP contribution in [0.5, 0.6) is 0 Å². The van der Waals surface area contributed by atoms with Gasteiger partial charge in [0.2, 0.25) is 0 Å². The molecule has 17 nitrogen and oxygen atoms in total. The Morgan fingerprint density at radius 2 is 0.447 bits per heavy atom. The quantitative estimate of drug-likeness (QED) is 0.0222. The van der Waals surface area contributed by atoms with Gasteiger partial charge in [-0.05, 0) is 31.6 Å². The lowest BCUT2D eigenvalue weighted by molar-refractivity contribution is -0.161. The third kappa shape index (κ3) is 78.0. The highest BCUT2D eigenvalue weighted by Gasteiger charge is 2.30. The zero-order chi connectivity index (χ0) is 75.5. The summed E-state index contributed by atoms with van der Waals surface area (Å²) in [5, 5.41) is 10.6. The summed E-state index contributed by atoms with van der Waals surface area (Å²) in [5.41, 5.74) is 0. The standard InChI is InChI=1S/C84H164O17P2/c1-6-9-12-15-18-21-24-26-28-30-32-34-36-38-40-42-44-46-49-54-59-64-69-83(88)100-79(73-95-82(87)68-63-58-53-48-45-43-41-39-37-35-33-31-29-27-25-22-19-16-13-10-7-2)75-98-102(90,91)96-71-78(85)72-97-103(92,93)99-76-80(101-84(89)70-65-60-55-50-51-56-61-66-77(4)5)74-94-81(86)67-62-57-52-47-23-20-17-14-11-8-3/h77-80,85H,6-76H2,1-5H3,(H,90,91)(H,92,93)/t78-,79-,80-/m1/s1. The van der Waals surface area contributed by atoms with Crippen molar-refractivity contribution in [3.63, 3.8) is 0 Å². The molecule has 5 atom stereocenters. The van der Waals surface area contributed by atoms with E-state index in [2.05, 4.69) is 34.6 Å². The Kier molecular flexibility index (Phi) is 75.4. The summed E-state index contributed by atoms with van der Waals surface area (Å²) in [7, 11) is -9.92. The van der Waals surface area contributed by atoms with Gasteiger partial charge in [-0.2, -0.15) is 0 Å². The van der Waals surface area contributed by atoms with Crippen LogP contribution in [-0.4, -0.2) is 96.7 Å². The Balaban J connectivity index is 5.16. The topological polar surface area (TPSA) is 237 Å². The summed E-state index contributed by atoms with van der Waals surface area (Å²) >= 11 is 0. The first-order chi connectivity index (χ1) is 50.0. The number of carbonyl (C=O) groups is 4. The number of phosphoric acid groups is 2.